The van der Waals surface area contributed by atoms with Crippen LogP contribution in [0.4, 0.5) is 0 Å². The van der Waals surface area contributed by atoms with E-state index >= 15 is 0 Å². The fourth-order valence-electron chi connectivity index (χ4n) is 1.84. The molecule has 0 aliphatic rings. The van der Waals surface area contributed by atoms with E-state index in [1.807, 2.05) is 22.1 Å². The third kappa shape index (κ3) is 2.52. The van der Waals surface area contributed by atoms with Gasteiger partial charge in [-0.1, -0.05) is 29.3 Å². The number of nitrogens with zero attached hydrogens (tertiary/aromatic N) is 3. The van der Waals surface area contributed by atoms with Gasteiger partial charge in [0.25, 0.3) is 0 Å². The van der Waals surface area contributed by atoms with Gasteiger partial charge in [0.1, 0.15) is 6.33 Å². The maximum absolute atomic E-state index is 6.23. The van der Waals surface area contributed by atoms with Crippen LogP contribution >= 0.6 is 34.5 Å². The molecule has 0 saturated carbocycles. The smallest absolute Gasteiger partial charge is 0.165 e. The Morgan fingerprint density at radius 1 is 1.21 bits per heavy atom. The fraction of sp³-hybridized carbons (Fsp3) is 0.0769. The van der Waals surface area contributed by atoms with Crippen molar-refractivity contribution in [1.29, 1.82) is 0 Å². The van der Waals surface area contributed by atoms with Gasteiger partial charge in [0.15, 0.2) is 5.82 Å². The molecule has 0 bridgehead atoms. The second kappa shape index (κ2) is 5.33. The summed E-state index contributed by atoms with van der Waals surface area (Å²) >= 11 is 13.9. The third-order valence-corrected chi connectivity index (χ3v) is 4.29. The predicted octanol–water partition coefficient (Wildman–Crippen LogP) is 4.36. The Balaban J connectivity index is 2.02. The van der Waals surface area contributed by atoms with Crippen LogP contribution in [0.3, 0.4) is 0 Å². The van der Waals surface area contributed by atoms with E-state index in [9.17, 15) is 0 Å². The van der Waals surface area contributed by atoms with Crippen molar-refractivity contribution >= 4 is 34.5 Å². The molecule has 1 aromatic carbocycles. The van der Waals surface area contributed by atoms with Crippen LogP contribution in [0.2, 0.25) is 10.0 Å². The lowest BCUT2D eigenvalue weighted by molar-refractivity contribution is 0.806. The number of hydrogen-bond donors (Lipinski definition) is 0. The summed E-state index contributed by atoms with van der Waals surface area (Å²) in [6.07, 6.45) is 1.70. The Kier molecular flexibility index (Phi) is 3.55. The molecule has 3 aromatic rings. The summed E-state index contributed by atoms with van der Waals surface area (Å²) < 4.78 is 1.96. The van der Waals surface area contributed by atoms with Crippen LogP contribution in [-0.4, -0.2) is 14.8 Å². The Morgan fingerprint density at radius 2 is 2.11 bits per heavy atom. The van der Waals surface area contributed by atoms with Crippen LogP contribution < -0.4 is 0 Å². The molecule has 6 heteroatoms. The van der Waals surface area contributed by atoms with Crippen molar-refractivity contribution in [3.05, 3.63) is 57.0 Å². The van der Waals surface area contributed by atoms with Gasteiger partial charge in [0, 0.05) is 5.56 Å². The lowest BCUT2D eigenvalue weighted by atomic mass is 10.2. The lowest BCUT2D eigenvalue weighted by Gasteiger charge is -2.07. The van der Waals surface area contributed by atoms with Crippen molar-refractivity contribution in [2.24, 2.45) is 0 Å². The van der Waals surface area contributed by atoms with Gasteiger partial charge in [-0.2, -0.15) is 11.3 Å². The van der Waals surface area contributed by atoms with Gasteiger partial charge in [-0.05, 0) is 34.5 Å². The standard InChI is InChI=1S/C13H9Cl2N3S/c14-11-3-1-2-10(12(11)15)13-17-16-8-18(13)6-9-4-5-19-7-9/h1-5,7-8H,6H2. The molecule has 0 radical (unpaired) electrons. The zero-order valence-electron chi connectivity index (χ0n) is 9.75. The zero-order chi connectivity index (χ0) is 13.2. The van der Waals surface area contributed by atoms with E-state index in [1.165, 1.54) is 5.56 Å². The highest BCUT2D eigenvalue weighted by atomic mass is 35.5. The predicted molar refractivity (Wildman–Crippen MR) is 78.9 cm³/mol. The van der Waals surface area contributed by atoms with E-state index in [-0.39, 0.29) is 0 Å². The number of hydrogen-bond acceptors (Lipinski definition) is 3. The van der Waals surface area contributed by atoms with Gasteiger partial charge in [0.05, 0.1) is 16.6 Å². The molecule has 0 amide bonds. The summed E-state index contributed by atoms with van der Waals surface area (Å²) in [6, 6.07) is 7.58. The molecule has 19 heavy (non-hydrogen) atoms. The Morgan fingerprint density at radius 3 is 2.89 bits per heavy atom. The summed E-state index contributed by atoms with van der Waals surface area (Å²) in [7, 11) is 0. The zero-order valence-corrected chi connectivity index (χ0v) is 12.1. The normalized spacial score (nSPS) is 10.8. The van der Waals surface area contributed by atoms with Gasteiger partial charge in [-0.3, -0.25) is 0 Å². The number of halogens is 2. The van der Waals surface area contributed by atoms with Crippen LogP contribution in [0.25, 0.3) is 11.4 Å². The minimum absolute atomic E-state index is 0.503. The molecule has 0 fully saturated rings. The fourth-order valence-corrected chi connectivity index (χ4v) is 2.88. The average Bonchev–Trinajstić information content (AvgIpc) is 3.05. The average molecular weight is 310 g/mol. The largest absolute Gasteiger partial charge is 0.309 e. The molecule has 0 aliphatic heterocycles. The highest BCUT2D eigenvalue weighted by molar-refractivity contribution is 7.07. The van der Waals surface area contributed by atoms with Gasteiger partial charge < -0.3 is 4.57 Å². The van der Waals surface area contributed by atoms with Gasteiger partial charge >= 0.3 is 0 Å². The lowest BCUT2D eigenvalue weighted by Crippen LogP contribution is -2.00. The van der Waals surface area contributed by atoms with Crippen molar-refractivity contribution in [1.82, 2.24) is 14.8 Å². The van der Waals surface area contributed by atoms with Crippen molar-refractivity contribution in [3.8, 4) is 11.4 Å². The summed E-state index contributed by atoms with van der Waals surface area (Å²) in [5.74, 6) is 0.721. The summed E-state index contributed by atoms with van der Waals surface area (Å²) in [5.41, 5.74) is 2.01. The van der Waals surface area contributed by atoms with E-state index in [2.05, 4.69) is 21.6 Å². The van der Waals surface area contributed by atoms with Crippen molar-refractivity contribution < 1.29 is 0 Å². The molecule has 2 aromatic heterocycles. The molecule has 0 atom stereocenters. The van der Waals surface area contributed by atoms with Crippen LogP contribution in [0, 0.1) is 0 Å². The van der Waals surface area contributed by atoms with Crippen LogP contribution in [0.15, 0.2) is 41.4 Å². The van der Waals surface area contributed by atoms with Crippen LogP contribution in [-0.2, 0) is 6.54 Å². The molecule has 3 nitrogen and oxygen atoms in total. The highest BCUT2D eigenvalue weighted by Gasteiger charge is 2.13. The van der Waals surface area contributed by atoms with E-state index in [0.717, 1.165) is 11.4 Å². The second-order valence-electron chi connectivity index (χ2n) is 4.02. The molecule has 96 valence electrons. The Bertz CT molecular complexity index is 692. The van der Waals surface area contributed by atoms with E-state index < -0.39 is 0 Å². The topological polar surface area (TPSA) is 30.7 Å². The monoisotopic (exact) mass is 309 g/mol. The molecular weight excluding hydrogens is 301 g/mol. The molecular formula is C13H9Cl2N3S. The first-order chi connectivity index (χ1) is 9.25. The number of benzene rings is 1. The third-order valence-electron chi connectivity index (χ3n) is 2.74. The molecule has 2 heterocycles. The first kappa shape index (κ1) is 12.7. The van der Waals surface area contributed by atoms with Gasteiger partial charge in [-0.15, -0.1) is 10.2 Å². The molecule has 3 rings (SSSR count). The van der Waals surface area contributed by atoms with Crippen molar-refractivity contribution in [3.63, 3.8) is 0 Å². The maximum Gasteiger partial charge on any atom is 0.165 e. The second-order valence-corrected chi connectivity index (χ2v) is 5.58. The maximum atomic E-state index is 6.23. The van der Waals surface area contributed by atoms with Crippen LogP contribution in [0.5, 0.6) is 0 Å². The molecule has 0 saturated heterocycles. The minimum Gasteiger partial charge on any atom is -0.309 e. The molecule has 0 spiro atoms. The minimum atomic E-state index is 0.503. The van der Waals surface area contributed by atoms with Crippen molar-refractivity contribution in [2.45, 2.75) is 6.54 Å². The van der Waals surface area contributed by atoms with Gasteiger partial charge in [-0.25, -0.2) is 0 Å². The first-order valence-corrected chi connectivity index (χ1v) is 7.29. The van der Waals surface area contributed by atoms with Crippen LogP contribution in [0.1, 0.15) is 5.56 Å². The quantitative estimate of drug-likeness (QED) is 0.719. The summed E-state index contributed by atoms with van der Waals surface area (Å²) in [5, 5.41) is 13.3. The SMILES string of the molecule is Clc1cccc(-c2nncn2Cc2ccsc2)c1Cl. The summed E-state index contributed by atoms with van der Waals surface area (Å²) in [4.78, 5) is 0. The summed E-state index contributed by atoms with van der Waals surface area (Å²) in [6.45, 7) is 0.717. The Labute approximate surface area is 124 Å². The first-order valence-electron chi connectivity index (χ1n) is 5.59. The number of rotatable bonds is 3. The molecule has 0 N–H and O–H groups in total. The van der Waals surface area contributed by atoms with Gasteiger partial charge in [0.2, 0.25) is 0 Å². The Hall–Kier alpha value is -1.36. The molecule has 0 aliphatic carbocycles. The number of aromatic nitrogens is 3. The van der Waals surface area contributed by atoms with E-state index in [1.54, 1.807) is 23.7 Å². The van der Waals surface area contributed by atoms with E-state index in [0.29, 0.717) is 16.6 Å². The highest BCUT2D eigenvalue weighted by Crippen LogP contribution is 2.32. The van der Waals surface area contributed by atoms with Crippen molar-refractivity contribution in [2.75, 3.05) is 0 Å². The number of thiophene rings is 1. The molecule has 0 unspecified atom stereocenters. The van der Waals surface area contributed by atoms with E-state index in [4.69, 9.17) is 23.2 Å².